The van der Waals surface area contributed by atoms with Crippen LogP contribution in [0.4, 0.5) is 13.2 Å². The minimum atomic E-state index is -4.62. The number of nitrogens with zero attached hydrogens (tertiary/aromatic N) is 3. The zero-order chi connectivity index (χ0) is 19.5. The SMILES string of the molecule is Cc1nccc(CNC(=O)C2(C(F)(F)F)CCN(Cc3ccccc3)C2)n1. The predicted octanol–water partition coefficient (Wildman–Crippen LogP) is 2.86. The number of hydrogen-bond donors (Lipinski definition) is 1. The Labute approximate surface area is 155 Å². The van der Waals surface area contributed by atoms with Crippen molar-refractivity contribution in [2.45, 2.75) is 32.6 Å². The highest BCUT2D eigenvalue weighted by atomic mass is 19.4. The Hall–Kier alpha value is -2.48. The molecule has 3 rings (SSSR count). The highest BCUT2D eigenvalue weighted by Crippen LogP contribution is 2.46. The fourth-order valence-electron chi connectivity index (χ4n) is 3.35. The van der Waals surface area contributed by atoms with Gasteiger partial charge in [0.15, 0.2) is 5.41 Å². The maximum atomic E-state index is 13.9. The van der Waals surface area contributed by atoms with Gasteiger partial charge in [-0.1, -0.05) is 30.3 Å². The van der Waals surface area contributed by atoms with Crippen molar-refractivity contribution in [3.05, 3.63) is 59.7 Å². The van der Waals surface area contributed by atoms with Gasteiger partial charge in [-0.2, -0.15) is 13.2 Å². The molecule has 8 heteroatoms. The van der Waals surface area contributed by atoms with E-state index in [2.05, 4.69) is 15.3 Å². The van der Waals surface area contributed by atoms with Gasteiger partial charge in [-0.25, -0.2) is 9.97 Å². The lowest BCUT2D eigenvalue weighted by molar-refractivity contribution is -0.218. The summed E-state index contributed by atoms with van der Waals surface area (Å²) in [7, 11) is 0. The number of halogens is 3. The number of benzene rings is 1. The summed E-state index contributed by atoms with van der Waals surface area (Å²) < 4.78 is 41.6. The van der Waals surface area contributed by atoms with Crippen molar-refractivity contribution in [3.8, 4) is 0 Å². The third-order valence-electron chi connectivity index (χ3n) is 4.84. The highest BCUT2D eigenvalue weighted by molar-refractivity contribution is 5.84. The Kier molecular flexibility index (Phi) is 5.46. The summed E-state index contributed by atoms with van der Waals surface area (Å²) >= 11 is 0. The van der Waals surface area contributed by atoms with E-state index in [1.165, 1.54) is 6.20 Å². The molecule has 144 valence electrons. The Balaban J connectivity index is 1.71. The van der Waals surface area contributed by atoms with Crippen LogP contribution in [-0.4, -0.2) is 40.0 Å². The Morgan fingerprint density at radius 3 is 2.67 bits per heavy atom. The van der Waals surface area contributed by atoms with Crippen molar-refractivity contribution in [3.63, 3.8) is 0 Å². The molecule has 1 saturated heterocycles. The van der Waals surface area contributed by atoms with E-state index in [1.807, 2.05) is 30.3 Å². The number of likely N-dealkylation sites (tertiary alicyclic amines) is 1. The van der Waals surface area contributed by atoms with E-state index in [0.717, 1.165) is 5.56 Å². The monoisotopic (exact) mass is 378 g/mol. The number of carbonyl (C=O) groups excluding carboxylic acids is 1. The van der Waals surface area contributed by atoms with Crippen molar-refractivity contribution in [1.82, 2.24) is 20.2 Å². The van der Waals surface area contributed by atoms with Crippen LogP contribution in [0, 0.1) is 12.3 Å². The second-order valence-electron chi connectivity index (χ2n) is 6.80. The van der Waals surface area contributed by atoms with E-state index >= 15 is 0 Å². The third-order valence-corrected chi connectivity index (χ3v) is 4.84. The van der Waals surface area contributed by atoms with Crippen LogP contribution in [0.2, 0.25) is 0 Å². The first kappa shape index (κ1) is 19.3. The van der Waals surface area contributed by atoms with E-state index in [1.54, 1.807) is 17.9 Å². The molecule has 1 aromatic heterocycles. The van der Waals surface area contributed by atoms with Gasteiger partial charge in [-0.3, -0.25) is 9.69 Å². The van der Waals surface area contributed by atoms with Crippen molar-refractivity contribution in [2.75, 3.05) is 13.1 Å². The average molecular weight is 378 g/mol. The zero-order valence-corrected chi connectivity index (χ0v) is 15.0. The molecule has 1 fully saturated rings. The minimum absolute atomic E-state index is 0.0568. The molecule has 1 aliphatic rings. The average Bonchev–Trinajstić information content (AvgIpc) is 3.06. The van der Waals surface area contributed by atoms with Gasteiger partial charge in [-0.15, -0.1) is 0 Å². The van der Waals surface area contributed by atoms with Gasteiger partial charge in [-0.05, 0) is 31.5 Å². The summed E-state index contributed by atoms with van der Waals surface area (Å²) in [5.74, 6) is -0.496. The van der Waals surface area contributed by atoms with Crippen LogP contribution in [0.15, 0.2) is 42.6 Å². The van der Waals surface area contributed by atoms with Crippen LogP contribution < -0.4 is 5.32 Å². The van der Waals surface area contributed by atoms with Crippen molar-refractivity contribution in [2.24, 2.45) is 5.41 Å². The maximum absolute atomic E-state index is 13.9. The van der Waals surface area contributed by atoms with Gasteiger partial charge in [0.05, 0.1) is 12.2 Å². The fraction of sp³-hybridized carbons (Fsp3) is 0.421. The molecule has 1 atom stereocenters. The molecule has 1 unspecified atom stereocenters. The van der Waals surface area contributed by atoms with E-state index in [4.69, 9.17) is 0 Å². The van der Waals surface area contributed by atoms with Gasteiger partial charge in [0.25, 0.3) is 0 Å². The summed E-state index contributed by atoms with van der Waals surface area (Å²) in [6, 6.07) is 10.9. The number of alkyl halides is 3. The predicted molar refractivity (Wildman–Crippen MR) is 93.4 cm³/mol. The van der Waals surface area contributed by atoms with Crippen LogP contribution in [-0.2, 0) is 17.9 Å². The van der Waals surface area contributed by atoms with Crippen molar-refractivity contribution >= 4 is 5.91 Å². The quantitative estimate of drug-likeness (QED) is 0.869. The molecule has 1 aromatic carbocycles. The Bertz CT molecular complexity index is 797. The number of aryl methyl sites for hydroxylation is 1. The first-order valence-electron chi connectivity index (χ1n) is 8.70. The van der Waals surface area contributed by atoms with E-state index in [0.29, 0.717) is 18.1 Å². The fourth-order valence-corrected chi connectivity index (χ4v) is 3.35. The van der Waals surface area contributed by atoms with Crippen LogP contribution in [0.1, 0.15) is 23.5 Å². The first-order chi connectivity index (χ1) is 12.8. The molecule has 1 aliphatic heterocycles. The molecule has 0 aliphatic carbocycles. The number of rotatable bonds is 5. The highest BCUT2D eigenvalue weighted by Gasteiger charge is 2.62. The number of hydrogen-bond acceptors (Lipinski definition) is 4. The summed E-state index contributed by atoms with van der Waals surface area (Å²) in [5, 5.41) is 2.42. The summed E-state index contributed by atoms with van der Waals surface area (Å²) in [4.78, 5) is 22.3. The Morgan fingerprint density at radius 2 is 2.00 bits per heavy atom. The molecule has 2 aromatic rings. The summed E-state index contributed by atoms with van der Waals surface area (Å²) in [6.07, 6.45) is -3.36. The lowest BCUT2D eigenvalue weighted by Crippen LogP contribution is -2.52. The van der Waals surface area contributed by atoms with Crippen molar-refractivity contribution < 1.29 is 18.0 Å². The molecular formula is C19H21F3N4O. The van der Waals surface area contributed by atoms with Gasteiger partial charge >= 0.3 is 6.18 Å². The van der Waals surface area contributed by atoms with Crippen molar-refractivity contribution in [1.29, 1.82) is 0 Å². The van der Waals surface area contributed by atoms with Gasteiger partial charge < -0.3 is 5.32 Å². The molecule has 0 saturated carbocycles. The Morgan fingerprint density at radius 1 is 1.26 bits per heavy atom. The van der Waals surface area contributed by atoms with Gasteiger partial charge in [0, 0.05) is 19.3 Å². The molecule has 0 radical (unpaired) electrons. The third kappa shape index (κ3) is 4.27. The maximum Gasteiger partial charge on any atom is 0.404 e. The van der Waals surface area contributed by atoms with Gasteiger partial charge in [0.1, 0.15) is 5.82 Å². The smallest absolute Gasteiger partial charge is 0.350 e. The van der Waals surface area contributed by atoms with Crippen LogP contribution in [0.25, 0.3) is 0 Å². The second-order valence-corrected chi connectivity index (χ2v) is 6.80. The summed E-state index contributed by atoms with van der Waals surface area (Å²) in [6.45, 7) is 1.88. The first-order valence-corrected chi connectivity index (χ1v) is 8.70. The minimum Gasteiger partial charge on any atom is -0.350 e. The van der Waals surface area contributed by atoms with E-state index in [-0.39, 0.29) is 26.1 Å². The second kappa shape index (κ2) is 7.64. The van der Waals surface area contributed by atoms with Gasteiger partial charge in [0.2, 0.25) is 5.91 Å². The topological polar surface area (TPSA) is 58.1 Å². The van der Waals surface area contributed by atoms with E-state index < -0.39 is 17.5 Å². The molecule has 5 nitrogen and oxygen atoms in total. The molecule has 1 N–H and O–H groups in total. The van der Waals surface area contributed by atoms with E-state index in [9.17, 15) is 18.0 Å². The number of aromatic nitrogens is 2. The standard InChI is InChI=1S/C19H21F3N4O/c1-14-23-9-7-16(25-14)11-24-17(27)18(19(20,21)22)8-10-26(13-18)12-15-5-3-2-4-6-15/h2-7,9H,8,10-13H2,1H3,(H,24,27). The molecule has 0 spiro atoms. The molecule has 1 amide bonds. The number of amides is 1. The van der Waals surface area contributed by atoms with Crippen LogP contribution in [0.3, 0.4) is 0 Å². The van der Waals surface area contributed by atoms with Crippen LogP contribution in [0.5, 0.6) is 0 Å². The van der Waals surface area contributed by atoms with Crippen LogP contribution >= 0.6 is 0 Å². The largest absolute Gasteiger partial charge is 0.404 e. The molecular weight excluding hydrogens is 357 g/mol. The molecule has 27 heavy (non-hydrogen) atoms. The molecule has 2 heterocycles. The number of carbonyl (C=O) groups is 1. The summed E-state index contributed by atoms with van der Waals surface area (Å²) in [5.41, 5.74) is -0.996. The molecule has 0 bridgehead atoms. The lowest BCUT2D eigenvalue weighted by Gasteiger charge is -2.30. The normalized spacial score (nSPS) is 20.6. The lowest BCUT2D eigenvalue weighted by atomic mass is 9.85. The zero-order valence-electron chi connectivity index (χ0n) is 15.0. The number of nitrogens with one attached hydrogen (secondary N) is 1.